The van der Waals surface area contributed by atoms with E-state index < -0.39 is 0 Å². The summed E-state index contributed by atoms with van der Waals surface area (Å²) in [6, 6.07) is 17.0. The van der Waals surface area contributed by atoms with Crippen LogP contribution in [-0.2, 0) is 13.0 Å². The van der Waals surface area contributed by atoms with Gasteiger partial charge in [0.15, 0.2) is 0 Å². The number of nitrogens with zero attached hydrogens (tertiary/aromatic N) is 2. The molecular weight excluding hydrogens is 282 g/mol. The molecule has 0 fully saturated rings. The number of hydrogen-bond donors (Lipinski definition) is 1. The highest BCUT2D eigenvalue weighted by Gasteiger charge is 2.13. The maximum absolute atomic E-state index is 4.79. The number of aromatic nitrogens is 2. The van der Waals surface area contributed by atoms with Crippen LogP contribution >= 0.6 is 0 Å². The molecule has 1 aliphatic rings. The third-order valence-electron chi connectivity index (χ3n) is 4.43. The average Bonchev–Trinajstić information content (AvgIpc) is 3.02. The third kappa shape index (κ3) is 3.00. The van der Waals surface area contributed by atoms with Gasteiger partial charge in [0.2, 0.25) is 0 Å². The average molecular weight is 303 g/mol. The molecule has 1 N–H and O–H groups in total. The maximum atomic E-state index is 4.79. The topological polar surface area (TPSA) is 29.9 Å². The summed E-state index contributed by atoms with van der Waals surface area (Å²) in [4.78, 5) is 4.79. The van der Waals surface area contributed by atoms with Crippen molar-refractivity contribution in [1.29, 1.82) is 0 Å². The quantitative estimate of drug-likeness (QED) is 0.743. The predicted molar refractivity (Wildman–Crippen MR) is 95.1 cm³/mol. The van der Waals surface area contributed by atoms with Crippen LogP contribution in [0, 0.1) is 6.92 Å². The first-order chi connectivity index (χ1) is 11.3. The second kappa shape index (κ2) is 5.92. The van der Waals surface area contributed by atoms with Crippen LogP contribution < -0.4 is 5.32 Å². The molecule has 0 spiro atoms. The van der Waals surface area contributed by atoms with Gasteiger partial charge in [-0.15, -0.1) is 0 Å². The lowest BCUT2D eigenvalue weighted by molar-refractivity contribution is 0.522. The summed E-state index contributed by atoms with van der Waals surface area (Å²) < 4.78 is 2.30. The Morgan fingerprint density at radius 1 is 0.913 bits per heavy atom. The van der Waals surface area contributed by atoms with Crippen molar-refractivity contribution < 1.29 is 0 Å². The van der Waals surface area contributed by atoms with Crippen molar-refractivity contribution in [3.63, 3.8) is 0 Å². The van der Waals surface area contributed by atoms with Crippen LogP contribution in [0.25, 0.3) is 11.3 Å². The van der Waals surface area contributed by atoms with Crippen LogP contribution in [0.5, 0.6) is 0 Å². The Hall–Kier alpha value is -2.55. The fraction of sp³-hybridized carbons (Fsp3) is 0.250. The highest BCUT2D eigenvalue weighted by Crippen LogP contribution is 2.25. The van der Waals surface area contributed by atoms with E-state index in [4.69, 9.17) is 4.98 Å². The van der Waals surface area contributed by atoms with E-state index in [0.717, 1.165) is 30.0 Å². The number of rotatable bonds is 3. The Morgan fingerprint density at radius 2 is 1.61 bits per heavy atom. The summed E-state index contributed by atoms with van der Waals surface area (Å²) in [6.45, 7) is 3.21. The van der Waals surface area contributed by atoms with Crippen molar-refractivity contribution in [1.82, 2.24) is 9.55 Å². The minimum atomic E-state index is 1.09. The third-order valence-corrected chi connectivity index (χ3v) is 4.43. The van der Waals surface area contributed by atoms with Gasteiger partial charge < -0.3 is 9.88 Å². The molecule has 0 saturated heterocycles. The van der Waals surface area contributed by atoms with E-state index >= 15 is 0 Å². The molecule has 0 atom stereocenters. The van der Waals surface area contributed by atoms with Gasteiger partial charge >= 0.3 is 0 Å². The van der Waals surface area contributed by atoms with Crippen molar-refractivity contribution in [2.24, 2.45) is 0 Å². The zero-order chi connectivity index (χ0) is 15.6. The van der Waals surface area contributed by atoms with E-state index in [2.05, 4.69) is 71.5 Å². The van der Waals surface area contributed by atoms with E-state index in [1.165, 1.54) is 29.8 Å². The van der Waals surface area contributed by atoms with Crippen LogP contribution in [0.4, 0.5) is 11.4 Å². The van der Waals surface area contributed by atoms with E-state index in [9.17, 15) is 0 Å². The molecule has 23 heavy (non-hydrogen) atoms. The summed E-state index contributed by atoms with van der Waals surface area (Å²) in [6.07, 6.45) is 5.82. The Labute approximate surface area is 137 Å². The second-order valence-corrected chi connectivity index (χ2v) is 6.26. The Kier molecular flexibility index (Phi) is 3.62. The van der Waals surface area contributed by atoms with Gasteiger partial charge in [-0.1, -0.05) is 29.8 Å². The molecule has 0 unspecified atom stereocenters. The summed E-state index contributed by atoms with van der Waals surface area (Å²) in [7, 11) is 0. The maximum Gasteiger partial charge on any atom is 0.109 e. The predicted octanol–water partition coefficient (Wildman–Crippen LogP) is 4.94. The van der Waals surface area contributed by atoms with E-state index in [0.29, 0.717) is 0 Å². The number of benzene rings is 2. The zero-order valence-electron chi connectivity index (χ0n) is 13.4. The van der Waals surface area contributed by atoms with E-state index in [1.807, 2.05) is 0 Å². The Morgan fingerprint density at radius 3 is 2.30 bits per heavy atom. The lowest BCUT2D eigenvalue weighted by Gasteiger charge is -2.11. The van der Waals surface area contributed by atoms with Crippen molar-refractivity contribution in [2.45, 2.75) is 32.7 Å². The van der Waals surface area contributed by atoms with Crippen LogP contribution in [0.2, 0.25) is 0 Å². The smallest absolute Gasteiger partial charge is 0.109 e. The van der Waals surface area contributed by atoms with Gasteiger partial charge in [-0.2, -0.15) is 0 Å². The van der Waals surface area contributed by atoms with Gasteiger partial charge in [0.25, 0.3) is 0 Å². The molecule has 3 heteroatoms. The number of fused-ring (bicyclic) bond motifs is 1. The molecule has 0 radical (unpaired) electrons. The van der Waals surface area contributed by atoms with Crippen molar-refractivity contribution in [3.8, 4) is 11.3 Å². The van der Waals surface area contributed by atoms with Crippen LogP contribution in [0.1, 0.15) is 24.2 Å². The minimum Gasteiger partial charge on any atom is -0.356 e. The first kappa shape index (κ1) is 14.1. The molecule has 0 amide bonds. The molecule has 116 valence electrons. The molecule has 0 saturated carbocycles. The molecule has 3 aromatic rings. The van der Waals surface area contributed by atoms with E-state index in [1.54, 1.807) is 0 Å². The molecule has 0 bridgehead atoms. The first-order valence-electron chi connectivity index (χ1n) is 8.28. The standard InChI is InChI=1S/C20H21N3/c1-15-5-9-17(10-6-15)21-18-11-7-16(8-12-18)19-14-23-13-3-2-4-20(23)22-19/h5-12,14,21H,2-4,13H2,1H3. The zero-order valence-corrected chi connectivity index (χ0v) is 13.4. The molecule has 2 heterocycles. The van der Waals surface area contributed by atoms with Gasteiger partial charge in [-0.3, -0.25) is 0 Å². The van der Waals surface area contributed by atoms with Crippen molar-refractivity contribution >= 4 is 11.4 Å². The Bertz CT molecular complexity index is 774. The molecule has 1 aliphatic heterocycles. The van der Waals surface area contributed by atoms with E-state index in [-0.39, 0.29) is 0 Å². The minimum absolute atomic E-state index is 1.09. The molecule has 1 aromatic heterocycles. The number of nitrogens with one attached hydrogen (secondary N) is 1. The number of hydrogen-bond acceptors (Lipinski definition) is 2. The lowest BCUT2D eigenvalue weighted by atomic mass is 10.1. The number of imidazole rings is 1. The van der Waals surface area contributed by atoms with Crippen LogP contribution in [0.3, 0.4) is 0 Å². The SMILES string of the molecule is Cc1ccc(Nc2ccc(-c3cn4c(n3)CCCC4)cc2)cc1. The fourth-order valence-electron chi connectivity index (χ4n) is 3.08. The number of aryl methyl sites for hydroxylation is 3. The second-order valence-electron chi connectivity index (χ2n) is 6.26. The van der Waals surface area contributed by atoms with Crippen LogP contribution in [0.15, 0.2) is 54.7 Å². The highest BCUT2D eigenvalue weighted by atomic mass is 15.1. The highest BCUT2D eigenvalue weighted by molar-refractivity contribution is 5.66. The summed E-state index contributed by atoms with van der Waals surface area (Å²) in [5, 5.41) is 3.43. The molecule has 2 aromatic carbocycles. The van der Waals surface area contributed by atoms with Gasteiger partial charge in [0.1, 0.15) is 5.82 Å². The normalized spacial score (nSPS) is 13.6. The fourth-order valence-corrected chi connectivity index (χ4v) is 3.08. The lowest BCUT2D eigenvalue weighted by Crippen LogP contribution is -2.08. The van der Waals surface area contributed by atoms with Gasteiger partial charge in [0.05, 0.1) is 5.69 Å². The van der Waals surface area contributed by atoms with Crippen molar-refractivity contribution in [2.75, 3.05) is 5.32 Å². The van der Waals surface area contributed by atoms with Gasteiger partial charge in [-0.25, -0.2) is 4.98 Å². The van der Waals surface area contributed by atoms with Gasteiger partial charge in [0, 0.05) is 36.1 Å². The largest absolute Gasteiger partial charge is 0.356 e. The van der Waals surface area contributed by atoms with Crippen molar-refractivity contribution in [3.05, 3.63) is 66.1 Å². The molecule has 0 aliphatic carbocycles. The summed E-state index contributed by atoms with van der Waals surface area (Å²) in [5.74, 6) is 1.23. The molecular formula is C20H21N3. The summed E-state index contributed by atoms with van der Waals surface area (Å²) in [5.41, 5.74) is 5.75. The molecule has 3 nitrogen and oxygen atoms in total. The van der Waals surface area contributed by atoms with Gasteiger partial charge in [-0.05, 0) is 44.0 Å². The Balaban J connectivity index is 1.53. The van der Waals surface area contributed by atoms with Crippen LogP contribution in [-0.4, -0.2) is 9.55 Å². The molecule has 4 rings (SSSR count). The summed E-state index contributed by atoms with van der Waals surface area (Å²) >= 11 is 0. The monoisotopic (exact) mass is 303 g/mol. The number of anilines is 2. The first-order valence-corrected chi connectivity index (χ1v) is 8.28.